The van der Waals surface area contributed by atoms with Crippen molar-refractivity contribution >= 4 is 34.3 Å². The number of halogens is 3. The number of amides is 1. The number of alkyl halides is 2. The Morgan fingerprint density at radius 1 is 1.42 bits per heavy atom. The predicted molar refractivity (Wildman–Crippen MR) is 75.3 cm³/mol. The fraction of sp³-hybridized carbons (Fsp3) is 0.167. The number of hydrogen-bond donors (Lipinski definition) is 1. The van der Waals surface area contributed by atoms with E-state index in [1.54, 1.807) is 24.4 Å². The summed E-state index contributed by atoms with van der Waals surface area (Å²) >= 11 is 2.10. The Kier molecular flexibility index (Phi) is 4.46. The quantitative estimate of drug-likeness (QED) is 0.833. The van der Waals surface area contributed by atoms with E-state index < -0.39 is 18.9 Å². The van der Waals surface area contributed by atoms with E-state index in [0.717, 1.165) is 3.57 Å². The van der Waals surface area contributed by atoms with Gasteiger partial charge < -0.3 is 9.88 Å². The van der Waals surface area contributed by atoms with E-state index in [2.05, 4.69) is 32.9 Å². The molecule has 0 aliphatic rings. The average Bonchev–Trinajstić information content (AvgIpc) is 2.79. The largest absolute Gasteiger partial charge is 0.338 e. The van der Waals surface area contributed by atoms with E-state index in [1.807, 2.05) is 0 Å². The van der Waals surface area contributed by atoms with Crippen LogP contribution in [-0.4, -0.2) is 21.9 Å². The van der Waals surface area contributed by atoms with E-state index in [1.165, 1.54) is 16.8 Å². The van der Waals surface area contributed by atoms with Crippen LogP contribution in [0.2, 0.25) is 0 Å². The topological polar surface area (TPSA) is 46.9 Å². The molecule has 0 fully saturated rings. The molecule has 2 heterocycles. The van der Waals surface area contributed by atoms with Gasteiger partial charge in [0, 0.05) is 16.0 Å². The van der Waals surface area contributed by atoms with Crippen LogP contribution in [0.15, 0.2) is 36.7 Å². The molecule has 0 unspecified atom stereocenters. The van der Waals surface area contributed by atoms with Gasteiger partial charge in [-0.2, -0.15) is 0 Å². The lowest BCUT2D eigenvalue weighted by Crippen LogP contribution is -2.19. The molecule has 0 spiro atoms. The molecule has 0 aliphatic carbocycles. The van der Waals surface area contributed by atoms with Crippen molar-refractivity contribution in [3.8, 4) is 0 Å². The highest BCUT2D eigenvalue weighted by molar-refractivity contribution is 14.1. The fourth-order valence-corrected chi connectivity index (χ4v) is 1.88. The van der Waals surface area contributed by atoms with Crippen LogP contribution < -0.4 is 5.32 Å². The summed E-state index contributed by atoms with van der Waals surface area (Å²) < 4.78 is 26.9. The molecule has 0 atom stereocenters. The summed E-state index contributed by atoms with van der Waals surface area (Å²) in [6.45, 7) is -0.504. The molecular formula is C12H10F2IN3O. The first-order valence-corrected chi connectivity index (χ1v) is 6.50. The zero-order chi connectivity index (χ0) is 13.8. The SMILES string of the molecule is O=C(Nc1ccc(I)cn1)c1cccn1CC(F)F. The molecule has 19 heavy (non-hydrogen) atoms. The summed E-state index contributed by atoms with van der Waals surface area (Å²) in [5.41, 5.74) is 0.181. The monoisotopic (exact) mass is 377 g/mol. The maximum absolute atomic E-state index is 12.3. The number of pyridine rings is 1. The lowest BCUT2D eigenvalue weighted by atomic mass is 10.4. The minimum absolute atomic E-state index is 0.181. The van der Waals surface area contributed by atoms with E-state index in [0.29, 0.717) is 5.82 Å². The standard InChI is InChI=1S/C12H10F2IN3O/c13-10(14)7-18-5-1-2-9(18)12(19)17-11-4-3-8(15)6-16-11/h1-6,10H,7H2,(H,16,17,19). The van der Waals surface area contributed by atoms with Gasteiger partial charge in [0.15, 0.2) is 0 Å². The Morgan fingerprint density at radius 2 is 2.21 bits per heavy atom. The zero-order valence-corrected chi connectivity index (χ0v) is 11.8. The van der Waals surface area contributed by atoms with Crippen LogP contribution >= 0.6 is 22.6 Å². The summed E-state index contributed by atoms with van der Waals surface area (Å²) in [7, 11) is 0. The first kappa shape index (κ1) is 13.9. The molecule has 2 aromatic heterocycles. The third kappa shape index (κ3) is 3.72. The van der Waals surface area contributed by atoms with Gasteiger partial charge >= 0.3 is 0 Å². The van der Waals surface area contributed by atoms with Gasteiger partial charge in [-0.25, -0.2) is 13.8 Å². The number of anilines is 1. The van der Waals surface area contributed by atoms with Gasteiger partial charge in [-0.05, 0) is 46.9 Å². The predicted octanol–water partition coefficient (Wildman–Crippen LogP) is 3.01. The highest BCUT2D eigenvalue weighted by Gasteiger charge is 2.14. The molecule has 4 nitrogen and oxygen atoms in total. The molecule has 0 aliphatic heterocycles. The molecule has 100 valence electrons. The van der Waals surface area contributed by atoms with Crippen LogP contribution in [0.1, 0.15) is 10.5 Å². The average molecular weight is 377 g/mol. The molecule has 1 amide bonds. The molecule has 1 N–H and O–H groups in total. The number of rotatable bonds is 4. The van der Waals surface area contributed by atoms with Gasteiger partial charge in [0.05, 0.1) is 6.54 Å². The Hall–Kier alpha value is -1.51. The summed E-state index contributed by atoms with van der Waals surface area (Å²) in [5.74, 6) is -0.0745. The molecule has 0 saturated heterocycles. The van der Waals surface area contributed by atoms with Crippen LogP contribution in [0.25, 0.3) is 0 Å². The number of nitrogens with zero attached hydrogens (tertiary/aromatic N) is 2. The summed E-state index contributed by atoms with van der Waals surface area (Å²) in [6.07, 6.45) is 0.548. The van der Waals surface area contributed by atoms with Crippen molar-refractivity contribution < 1.29 is 13.6 Å². The van der Waals surface area contributed by atoms with Gasteiger partial charge in [-0.3, -0.25) is 4.79 Å². The van der Waals surface area contributed by atoms with Crippen molar-refractivity contribution in [2.45, 2.75) is 13.0 Å². The molecule has 0 saturated carbocycles. The fourth-order valence-electron chi connectivity index (χ4n) is 1.56. The highest BCUT2D eigenvalue weighted by Crippen LogP contribution is 2.11. The van der Waals surface area contributed by atoms with E-state index >= 15 is 0 Å². The van der Waals surface area contributed by atoms with E-state index in [9.17, 15) is 13.6 Å². The Bertz CT molecular complexity index is 569. The Labute approximate surface area is 122 Å². The van der Waals surface area contributed by atoms with Crippen molar-refractivity contribution in [1.82, 2.24) is 9.55 Å². The minimum atomic E-state index is -2.50. The number of nitrogens with one attached hydrogen (secondary N) is 1. The molecule has 0 bridgehead atoms. The molecular weight excluding hydrogens is 367 g/mol. The highest BCUT2D eigenvalue weighted by atomic mass is 127. The van der Waals surface area contributed by atoms with Crippen LogP contribution in [0, 0.1) is 3.57 Å². The summed E-state index contributed by atoms with van der Waals surface area (Å²) in [5, 5.41) is 2.57. The maximum Gasteiger partial charge on any atom is 0.273 e. The molecule has 2 aromatic rings. The second kappa shape index (κ2) is 6.09. The van der Waals surface area contributed by atoms with Gasteiger partial charge in [-0.15, -0.1) is 0 Å². The second-order valence-electron chi connectivity index (χ2n) is 3.75. The maximum atomic E-state index is 12.3. The third-order valence-electron chi connectivity index (χ3n) is 2.37. The third-order valence-corrected chi connectivity index (χ3v) is 3.00. The normalized spacial score (nSPS) is 10.7. The van der Waals surface area contributed by atoms with Gasteiger partial charge in [0.25, 0.3) is 12.3 Å². The summed E-state index contributed by atoms with van der Waals surface area (Å²) in [6, 6.07) is 6.49. The van der Waals surface area contributed by atoms with Crippen molar-refractivity contribution in [2.75, 3.05) is 5.32 Å². The molecule has 0 radical (unpaired) electrons. The lowest BCUT2D eigenvalue weighted by molar-refractivity contribution is 0.0997. The number of carbonyl (C=O) groups excluding carboxylic acids is 1. The summed E-state index contributed by atoms with van der Waals surface area (Å²) in [4.78, 5) is 16.0. The number of carbonyl (C=O) groups is 1. The molecule has 2 rings (SSSR count). The van der Waals surface area contributed by atoms with Crippen molar-refractivity contribution in [3.05, 3.63) is 45.9 Å². The van der Waals surface area contributed by atoms with Crippen LogP contribution in [0.4, 0.5) is 14.6 Å². The van der Waals surface area contributed by atoms with Crippen molar-refractivity contribution in [2.24, 2.45) is 0 Å². The van der Waals surface area contributed by atoms with Crippen LogP contribution in [-0.2, 0) is 6.54 Å². The zero-order valence-electron chi connectivity index (χ0n) is 9.69. The van der Waals surface area contributed by atoms with Crippen LogP contribution in [0.3, 0.4) is 0 Å². The first-order valence-electron chi connectivity index (χ1n) is 5.42. The number of aromatic nitrogens is 2. The van der Waals surface area contributed by atoms with Crippen molar-refractivity contribution in [3.63, 3.8) is 0 Å². The van der Waals surface area contributed by atoms with Crippen LogP contribution in [0.5, 0.6) is 0 Å². The first-order chi connectivity index (χ1) is 9.06. The van der Waals surface area contributed by atoms with Gasteiger partial charge in [-0.1, -0.05) is 0 Å². The lowest BCUT2D eigenvalue weighted by Gasteiger charge is -2.08. The van der Waals surface area contributed by atoms with Gasteiger partial charge in [0.1, 0.15) is 11.5 Å². The molecule has 7 heteroatoms. The van der Waals surface area contributed by atoms with E-state index in [-0.39, 0.29) is 5.69 Å². The Balaban J connectivity index is 2.11. The number of hydrogen-bond acceptors (Lipinski definition) is 2. The van der Waals surface area contributed by atoms with E-state index in [4.69, 9.17) is 0 Å². The van der Waals surface area contributed by atoms with Crippen molar-refractivity contribution in [1.29, 1.82) is 0 Å². The Morgan fingerprint density at radius 3 is 2.84 bits per heavy atom. The van der Waals surface area contributed by atoms with Gasteiger partial charge in [0.2, 0.25) is 0 Å². The minimum Gasteiger partial charge on any atom is -0.338 e. The molecule has 0 aromatic carbocycles. The smallest absolute Gasteiger partial charge is 0.273 e. The second-order valence-corrected chi connectivity index (χ2v) is 5.00.